The van der Waals surface area contributed by atoms with Gasteiger partial charge in [-0.25, -0.2) is 9.78 Å². The summed E-state index contributed by atoms with van der Waals surface area (Å²) in [5.74, 6) is -0.891. The summed E-state index contributed by atoms with van der Waals surface area (Å²) in [6.07, 6.45) is 3.85. The maximum atomic E-state index is 10.8. The first-order valence-corrected chi connectivity index (χ1v) is 6.57. The van der Waals surface area contributed by atoms with E-state index in [2.05, 4.69) is 16.9 Å². The van der Waals surface area contributed by atoms with E-state index in [1.807, 2.05) is 0 Å². The zero-order valence-corrected chi connectivity index (χ0v) is 10.6. The first-order chi connectivity index (χ1) is 8.15. The third-order valence-corrected chi connectivity index (χ3v) is 4.20. The molecule has 2 heterocycles. The minimum absolute atomic E-state index is 0.315. The maximum Gasteiger partial charge on any atom is 0.335 e. The number of carbonyl (C=O) groups is 1. The first kappa shape index (κ1) is 12.4. The topological polar surface area (TPSA) is 53.4 Å². The molecule has 0 aliphatic carbocycles. The van der Waals surface area contributed by atoms with E-state index >= 15 is 0 Å². The summed E-state index contributed by atoms with van der Waals surface area (Å²) in [7, 11) is 2.13. The quantitative estimate of drug-likeness (QED) is 0.891. The van der Waals surface area contributed by atoms with Gasteiger partial charge in [-0.3, -0.25) is 0 Å². The predicted molar refractivity (Wildman–Crippen MR) is 67.6 cm³/mol. The van der Waals surface area contributed by atoms with Crippen molar-refractivity contribution < 1.29 is 9.90 Å². The fraction of sp³-hybridized carbons (Fsp3) is 0.500. The van der Waals surface area contributed by atoms with Crippen LogP contribution in [0.4, 0.5) is 0 Å². The lowest BCUT2D eigenvalue weighted by molar-refractivity contribution is 0.0696. The highest BCUT2D eigenvalue weighted by molar-refractivity contribution is 7.99. The summed E-state index contributed by atoms with van der Waals surface area (Å²) in [5.41, 5.74) is 0.315. The van der Waals surface area contributed by atoms with Crippen molar-refractivity contribution >= 4 is 17.7 Å². The van der Waals surface area contributed by atoms with Crippen LogP contribution in [0.3, 0.4) is 0 Å². The molecule has 0 spiro atoms. The fourth-order valence-electron chi connectivity index (χ4n) is 1.88. The number of pyridine rings is 1. The highest BCUT2D eigenvalue weighted by Gasteiger charge is 2.18. The Bertz CT molecular complexity index is 403. The van der Waals surface area contributed by atoms with Gasteiger partial charge >= 0.3 is 5.97 Å². The first-order valence-electron chi connectivity index (χ1n) is 5.69. The molecule has 1 aliphatic heterocycles. The van der Waals surface area contributed by atoms with Crippen molar-refractivity contribution in [2.45, 2.75) is 23.1 Å². The Kier molecular flexibility index (Phi) is 4.02. The zero-order chi connectivity index (χ0) is 12.3. The monoisotopic (exact) mass is 252 g/mol. The minimum atomic E-state index is -0.891. The molecule has 1 N–H and O–H groups in total. The molecule has 17 heavy (non-hydrogen) atoms. The van der Waals surface area contributed by atoms with Crippen LogP contribution in [-0.2, 0) is 0 Å². The van der Waals surface area contributed by atoms with E-state index in [1.54, 1.807) is 24.0 Å². The number of hydrogen-bond acceptors (Lipinski definition) is 4. The molecular formula is C12H16N2O2S. The van der Waals surface area contributed by atoms with Crippen molar-refractivity contribution in [2.75, 3.05) is 20.1 Å². The zero-order valence-electron chi connectivity index (χ0n) is 9.80. The average Bonchev–Trinajstić information content (AvgIpc) is 2.32. The molecule has 0 aromatic carbocycles. The van der Waals surface area contributed by atoms with Crippen molar-refractivity contribution in [3.8, 4) is 0 Å². The number of hydrogen-bond donors (Lipinski definition) is 1. The second kappa shape index (κ2) is 5.51. The van der Waals surface area contributed by atoms with Gasteiger partial charge in [-0.1, -0.05) is 0 Å². The van der Waals surface area contributed by atoms with Crippen LogP contribution in [0.25, 0.3) is 0 Å². The third-order valence-electron chi connectivity index (χ3n) is 2.93. The number of aromatic carboxylic acids is 1. The second-order valence-corrected chi connectivity index (χ2v) is 5.63. The van der Waals surface area contributed by atoms with Gasteiger partial charge < -0.3 is 10.0 Å². The highest BCUT2D eigenvalue weighted by Crippen LogP contribution is 2.28. The maximum absolute atomic E-state index is 10.8. The molecule has 1 saturated heterocycles. The van der Waals surface area contributed by atoms with E-state index < -0.39 is 5.97 Å². The van der Waals surface area contributed by atoms with Crippen molar-refractivity contribution in [2.24, 2.45) is 0 Å². The van der Waals surface area contributed by atoms with Gasteiger partial charge in [0.2, 0.25) is 0 Å². The number of rotatable bonds is 3. The van der Waals surface area contributed by atoms with Gasteiger partial charge in [0.25, 0.3) is 0 Å². The van der Waals surface area contributed by atoms with Gasteiger partial charge in [0.15, 0.2) is 0 Å². The molecule has 0 atom stereocenters. The SMILES string of the molecule is CN1CCC(Sc2cc(C(=O)O)ccn2)CC1. The largest absolute Gasteiger partial charge is 0.478 e. The van der Waals surface area contributed by atoms with Gasteiger partial charge in [0.05, 0.1) is 10.6 Å². The molecule has 0 unspecified atom stereocenters. The summed E-state index contributed by atoms with van der Waals surface area (Å²) >= 11 is 1.70. The molecule has 0 saturated carbocycles. The Balaban J connectivity index is 1.98. The molecule has 1 aromatic heterocycles. The van der Waals surface area contributed by atoms with E-state index in [0.29, 0.717) is 10.8 Å². The van der Waals surface area contributed by atoms with Crippen LogP contribution in [0, 0.1) is 0 Å². The molecule has 0 radical (unpaired) electrons. The fourth-order valence-corrected chi connectivity index (χ4v) is 2.99. The van der Waals surface area contributed by atoms with Gasteiger partial charge in [-0.05, 0) is 45.1 Å². The summed E-state index contributed by atoms with van der Waals surface area (Å²) in [6, 6.07) is 3.19. The molecule has 1 fully saturated rings. The van der Waals surface area contributed by atoms with Crippen molar-refractivity contribution in [1.82, 2.24) is 9.88 Å². The van der Waals surface area contributed by atoms with Crippen LogP contribution in [0.1, 0.15) is 23.2 Å². The molecule has 0 amide bonds. The molecule has 5 heteroatoms. The summed E-state index contributed by atoms with van der Waals surface area (Å²) in [6.45, 7) is 2.21. The molecular weight excluding hydrogens is 236 g/mol. The van der Waals surface area contributed by atoms with Gasteiger partial charge in [0, 0.05) is 11.4 Å². The standard InChI is InChI=1S/C12H16N2O2S/c1-14-6-3-10(4-7-14)17-11-8-9(12(15)16)2-5-13-11/h2,5,8,10H,3-4,6-7H2,1H3,(H,15,16). The number of thioether (sulfide) groups is 1. The number of piperidine rings is 1. The van der Waals surface area contributed by atoms with Crippen LogP contribution in [0.5, 0.6) is 0 Å². The van der Waals surface area contributed by atoms with Crippen LogP contribution in [0.2, 0.25) is 0 Å². The summed E-state index contributed by atoms with van der Waals surface area (Å²) in [5, 5.41) is 10.3. The normalized spacial score (nSPS) is 18.2. The van der Waals surface area contributed by atoms with E-state index in [4.69, 9.17) is 5.11 Å². The van der Waals surface area contributed by atoms with E-state index in [1.165, 1.54) is 6.07 Å². The molecule has 1 aliphatic rings. The molecule has 92 valence electrons. The number of aromatic nitrogens is 1. The Hall–Kier alpha value is -1.07. The average molecular weight is 252 g/mol. The molecule has 0 bridgehead atoms. The lowest BCUT2D eigenvalue weighted by Crippen LogP contribution is -2.31. The van der Waals surface area contributed by atoms with Crippen LogP contribution < -0.4 is 0 Å². The second-order valence-electron chi connectivity index (χ2n) is 4.31. The Morgan fingerprint density at radius 2 is 2.24 bits per heavy atom. The Labute approximate surface area is 105 Å². The smallest absolute Gasteiger partial charge is 0.335 e. The van der Waals surface area contributed by atoms with Crippen LogP contribution in [-0.4, -0.2) is 46.3 Å². The molecule has 1 aromatic rings. The Morgan fingerprint density at radius 3 is 2.88 bits per heavy atom. The van der Waals surface area contributed by atoms with Crippen LogP contribution in [0.15, 0.2) is 23.4 Å². The van der Waals surface area contributed by atoms with E-state index in [-0.39, 0.29) is 0 Å². The van der Waals surface area contributed by atoms with Crippen molar-refractivity contribution in [1.29, 1.82) is 0 Å². The van der Waals surface area contributed by atoms with Gasteiger partial charge in [-0.2, -0.15) is 0 Å². The lowest BCUT2D eigenvalue weighted by atomic mass is 10.1. The third kappa shape index (κ3) is 3.44. The minimum Gasteiger partial charge on any atom is -0.478 e. The van der Waals surface area contributed by atoms with E-state index in [9.17, 15) is 4.79 Å². The van der Waals surface area contributed by atoms with Crippen LogP contribution >= 0.6 is 11.8 Å². The van der Waals surface area contributed by atoms with Gasteiger partial charge in [-0.15, -0.1) is 11.8 Å². The highest BCUT2D eigenvalue weighted by atomic mass is 32.2. The number of carboxylic acid groups (broad SMARTS) is 1. The summed E-state index contributed by atoms with van der Waals surface area (Å²) in [4.78, 5) is 17.4. The number of nitrogens with zero attached hydrogens (tertiary/aromatic N) is 2. The van der Waals surface area contributed by atoms with Crippen molar-refractivity contribution in [3.63, 3.8) is 0 Å². The van der Waals surface area contributed by atoms with Crippen molar-refractivity contribution in [3.05, 3.63) is 23.9 Å². The Morgan fingerprint density at radius 1 is 1.53 bits per heavy atom. The summed E-state index contributed by atoms with van der Waals surface area (Å²) < 4.78 is 0. The van der Waals surface area contributed by atoms with E-state index in [0.717, 1.165) is 31.0 Å². The predicted octanol–water partition coefficient (Wildman–Crippen LogP) is 1.97. The lowest BCUT2D eigenvalue weighted by Gasteiger charge is -2.28. The number of likely N-dealkylation sites (tertiary alicyclic amines) is 1. The molecule has 4 nitrogen and oxygen atoms in total. The molecule has 2 rings (SSSR count). The number of carboxylic acids is 1. The van der Waals surface area contributed by atoms with Gasteiger partial charge in [0.1, 0.15) is 0 Å².